The fourth-order valence-electron chi connectivity index (χ4n) is 1.13. The van der Waals surface area contributed by atoms with Crippen LogP contribution in [0.5, 0.6) is 0 Å². The molecule has 0 radical (unpaired) electrons. The number of benzene rings is 1. The average Bonchev–Trinajstić information content (AvgIpc) is 2.34. The Hall–Kier alpha value is -2.56. The third-order valence-electron chi connectivity index (χ3n) is 1.83. The van der Waals surface area contributed by atoms with Crippen molar-refractivity contribution in [1.82, 2.24) is 5.32 Å². The van der Waals surface area contributed by atoms with Crippen molar-refractivity contribution in [2.45, 2.75) is 0 Å². The maximum Gasteiger partial charge on any atom is 0.329 e. The van der Waals surface area contributed by atoms with E-state index in [0.29, 0.717) is 6.41 Å². The molecule has 1 rings (SSSR count). The van der Waals surface area contributed by atoms with Gasteiger partial charge in [-0.1, -0.05) is 18.2 Å². The van der Waals surface area contributed by atoms with Crippen LogP contribution in [0.2, 0.25) is 0 Å². The number of amides is 1. The van der Waals surface area contributed by atoms with Crippen molar-refractivity contribution in [3.63, 3.8) is 0 Å². The molecule has 17 heavy (non-hydrogen) atoms. The molecular weight excluding hydrogens is 220 g/mol. The number of hydrogen-bond acceptors (Lipinski definition) is 3. The number of aliphatic carboxylic acids is 1. The summed E-state index contributed by atoms with van der Waals surface area (Å²) in [6.45, 7) is 0. The van der Waals surface area contributed by atoms with Gasteiger partial charge < -0.3 is 15.3 Å². The zero-order chi connectivity index (χ0) is 12.5. The molecule has 0 spiro atoms. The normalized spacial score (nSPS) is 10.6. The molecule has 5 heteroatoms. The Kier molecular flexibility index (Phi) is 5.03. The number of carboxylic acids is 1. The van der Waals surface area contributed by atoms with Gasteiger partial charge in [0.1, 0.15) is 0 Å². The first kappa shape index (κ1) is 12.5. The number of nitrogens with zero attached hydrogens (tertiary/aromatic N) is 1. The molecule has 0 saturated carbocycles. The fourth-order valence-corrected chi connectivity index (χ4v) is 1.13. The van der Waals surface area contributed by atoms with E-state index in [1.54, 1.807) is 11.1 Å². The van der Waals surface area contributed by atoms with Crippen molar-refractivity contribution in [2.24, 2.45) is 0 Å². The third kappa shape index (κ3) is 4.65. The molecule has 1 aromatic carbocycles. The van der Waals surface area contributed by atoms with Gasteiger partial charge in [0.05, 0.1) is 0 Å². The van der Waals surface area contributed by atoms with E-state index < -0.39 is 5.97 Å². The van der Waals surface area contributed by atoms with Gasteiger partial charge in [-0.15, -0.1) is 0 Å². The lowest BCUT2D eigenvalue weighted by Crippen LogP contribution is -2.10. The highest BCUT2D eigenvalue weighted by Crippen LogP contribution is 2.13. The summed E-state index contributed by atoms with van der Waals surface area (Å²) in [5, 5.41) is 10.9. The van der Waals surface area contributed by atoms with Crippen LogP contribution >= 0.6 is 0 Å². The van der Waals surface area contributed by atoms with Crippen LogP contribution in [0.1, 0.15) is 0 Å². The van der Waals surface area contributed by atoms with E-state index in [9.17, 15) is 9.59 Å². The smallest absolute Gasteiger partial charge is 0.329 e. The molecule has 5 nitrogen and oxygen atoms in total. The molecule has 0 aliphatic carbocycles. The van der Waals surface area contributed by atoms with Crippen molar-refractivity contribution >= 4 is 18.1 Å². The summed E-state index contributed by atoms with van der Waals surface area (Å²) in [5.41, 5.74) is 0.786. The molecule has 1 amide bonds. The lowest BCUT2D eigenvalue weighted by atomic mass is 10.3. The van der Waals surface area contributed by atoms with Crippen LogP contribution in [0, 0.1) is 0 Å². The number of carbonyl (C=O) groups excluding carboxylic acids is 1. The Balaban J connectivity index is 2.86. The molecule has 1 aromatic rings. The summed E-state index contributed by atoms with van der Waals surface area (Å²) >= 11 is 0. The number of rotatable bonds is 6. The van der Waals surface area contributed by atoms with Crippen molar-refractivity contribution < 1.29 is 14.7 Å². The van der Waals surface area contributed by atoms with Crippen molar-refractivity contribution in [3.8, 4) is 0 Å². The zero-order valence-electron chi connectivity index (χ0n) is 8.98. The maximum absolute atomic E-state index is 10.5. The molecule has 2 N–H and O–H groups in total. The van der Waals surface area contributed by atoms with Crippen LogP contribution < -0.4 is 10.2 Å². The predicted molar refractivity (Wildman–Crippen MR) is 64.0 cm³/mol. The van der Waals surface area contributed by atoms with Crippen LogP contribution in [-0.4, -0.2) is 17.5 Å². The Morgan fingerprint density at radius 1 is 1.24 bits per heavy atom. The minimum absolute atomic E-state index is 0.528. The molecule has 0 saturated heterocycles. The molecule has 0 fully saturated rings. The molecule has 0 heterocycles. The number of nitrogens with one attached hydrogen (secondary N) is 1. The fraction of sp³-hybridized carbons (Fsp3) is 0. The van der Waals surface area contributed by atoms with Gasteiger partial charge in [-0.2, -0.15) is 0 Å². The minimum atomic E-state index is -1.04. The van der Waals surface area contributed by atoms with E-state index in [1.165, 1.54) is 12.4 Å². The molecule has 88 valence electrons. The van der Waals surface area contributed by atoms with Crippen LogP contribution in [0.3, 0.4) is 0 Å². The first-order chi connectivity index (χ1) is 8.24. The summed E-state index contributed by atoms with van der Waals surface area (Å²) in [6, 6.07) is 9.15. The molecule has 0 unspecified atom stereocenters. The summed E-state index contributed by atoms with van der Waals surface area (Å²) in [7, 11) is 0. The third-order valence-corrected chi connectivity index (χ3v) is 1.83. The summed E-state index contributed by atoms with van der Waals surface area (Å²) in [5.74, 6) is -1.04. The average molecular weight is 232 g/mol. The molecule has 0 bridgehead atoms. The van der Waals surface area contributed by atoms with Gasteiger partial charge >= 0.3 is 5.97 Å². The van der Waals surface area contributed by atoms with E-state index >= 15 is 0 Å². The SMILES string of the molecule is O=CNC=CN(C=CC(=O)O)c1ccccc1. The summed E-state index contributed by atoms with van der Waals surface area (Å²) in [4.78, 5) is 22.1. The Morgan fingerprint density at radius 3 is 2.53 bits per heavy atom. The van der Waals surface area contributed by atoms with Crippen molar-refractivity contribution in [3.05, 3.63) is 55.0 Å². The minimum Gasteiger partial charge on any atom is -0.478 e. The first-order valence-corrected chi connectivity index (χ1v) is 4.85. The van der Waals surface area contributed by atoms with Crippen LogP contribution in [-0.2, 0) is 9.59 Å². The van der Waals surface area contributed by atoms with E-state index in [1.807, 2.05) is 30.3 Å². The van der Waals surface area contributed by atoms with Gasteiger partial charge in [-0.25, -0.2) is 4.79 Å². The molecule has 0 aliphatic heterocycles. The maximum atomic E-state index is 10.5. The lowest BCUT2D eigenvalue weighted by molar-refractivity contribution is -0.131. The van der Waals surface area contributed by atoms with Gasteiger partial charge in [0.25, 0.3) is 0 Å². The molecule has 0 atom stereocenters. The Labute approximate surface area is 98.7 Å². The van der Waals surface area contributed by atoms with E-state index in [4.69, 9.17) is 5.11 Å². The second-order valence-corrected chi connectivity index (χ2v) is 3.00. The number of hydrogen-bond donors (Lipinski definition) is 2. The topological polar surface area (TPSA) is 69.6 Å². The van der Waals surface area contributed by atoms with Gasteiger partial charge in [-0.3, -0.25) is 4.79 Å². The van der Waals surface area contributed by atoms with Crippen LogP contribution in [0.4, 0.5) is 5.69 Å². The second-order valence-electron chi connectivity index (χ2n) is 3.00. The zero-order valence-corrected chi connectivity index (χ0v) is 8.98. The number of carboxylic acid groups (broad SMARTS) is 1. The van der Waals surface area contributed by atoms with Gasteiger partial charge in [0, 0.05) is 30.4 Å². The number of anilines is 1. The quantitative estimate of drug-likeness (QED) is 0.573. The highest BCUT2D eigenvalue weighted by molar-refractivity contribution is 5.80. The largest absolute Gasteiger partial charge is 0.478 e. The number of carbonyl (C=O) groups is 2. The predicted octanol–water partition coefficient (Wildman–Crippen LogP) is 1.31. The van der Waals surface area contributed by atoms with Crippen LogP contribution in [0.25, 0.3) is 0 Å². The Morgan fingerprint density at radius 2 is 1.94 bits per heavy atom. The van der Waals surface area contributed by atoms with Gasteiger partial charge in [0.2, 0.25) is 6.41 Å². The lowest BCUT2D eigenvalue weighted by Gasteiger charge is -2.14. The Bertz CT molecular complexity index is 427. The molecule has 0 aliphatic rings. The van der Waals surface area contributed by atoms with E-state index in [-0.39, 0.29) is 0 Å². The van der Waals surface area contributed by atoms with Crippen LogP contribution in [0.15, 0.2) is 55.0 Å². The second kappa shape index (κ2) is 6.84. The van der Waals surface area contributed by atoms with Crippen molar-refractivity contribution in [2.75, 3.05) is 4.90 Å². The highest BCUT2D eigenvalue weighted by Gasteiger charge is 1.98. The summed E-state index contributed by atoms with van der Waals surface area (Å²) < 4.78 is 0. The highest BCUT2D eigenvalue weighted by atomic mass is 16.4. The standard InChI is InChI=1S/C12H12N2O3/c15-10-13-7-9-14(8-6-12(16)17)11-4-2-1-3-5-11/h1-10H,(H,13,15)(H,16,17). The first-order valence-electron chi connectivity index (χ1n) is 4.85. The van der Waals surface area contributed by atoms with Gasteiger partial charge in [0.15, 0.2) is 0 Å². The van der Waals surface area contributed by atoms with Gasteiger partial charge in [-0.05, 0) is 12.1 Å². The summed E-state index contributed by atoms with van der Waals surface area (Å²) in [6.07, 6.45) is 5.88. The number of para-hydroxylation sites is 1. The van der Waals surface area contributed by atoms with E-state index in [0.717, 1.165) is 11.8 Å². The monoisotopic (exact) mass is 232 g/mol. The van der Waals surface area contributed by atoms with E-state index in [2.05, 4.69) is 5.32 Å². The van der Waals surface area contributed by atoms with Crippen molar-refractivity contribution in [1.29, 1.82) is 0 Å². The molecule has 0 aromatic heterocycles. The molecular formula is C12H12N2O3.